The number of hydrogen-bond donors (Lipinski definition) is 1. The number of hydrogen-bond acceptors (Lipinski definition) is 6. The fraction of sp³-hybridized carbons (Fsp3) is 0.407. The average Bonchev–Trinajstić information content (AvgIpc) is 3.13. The molecule has 190 valence electrons. The molecule has 6 nitrogen and oxygen atoms in total. The van der Waals surface area contributed by atoms with E-state index in [0.717, 1.165) is 24.8 Å². The van der Waals surface area contributed by atoms with Gasteiger partial charge in [-0.05, 0) is 43.5 Å². The van der Waals surface area contributed by atoms with Gasteiger partial charge >= 0.3 is 0 Å². The predicted octanol–water partition coefficient (Wildman–Crippen LogP) is 6.49. The van der Waals surface area contributed by atoms with E-state index in [1.165, 1.54) is 29.2 Å². The SMILES string of the molecule is CCCCCCCN1C(=O)/C(=C\c2c(C)c(C#N)c(=O)n(CC)c2NCc2ccccc2Cl)SC1=S. The number of nitriles is 1. The van der Waals surface area contributed by atoms with Gasteiger partial charge in [0, 0.05) is 30.2 Å². The monoisotopic (exact) mass is 542 g/mol. The molecule has 9 heteroatoms. The first kappa shape index (κ1) is 28.0. The van der Waals surface area contributed by atoms with Gasteiger partial charge in [-0.3, -0.25) is 19.1 Å². The number of unbranched alkanes of at least 4 members (excludes halogenated alkanes) is 4. The second-order valence-corrected chi connectivity index (χ2v) is 10.7. The quantitative estimate of drug-likeness (QED) is 0.199. The van der Waals surface area contributed by atoms with E-state index in [2.05, 4.69) is 12.2 Å². The Kier molecular flexibility index (Phi) is 10.2. The lowest BCUT2D eigenvalue weighted by atomic mass is 10.0. The molecule has 0 spiro atoms. The molecule has 1 fully saturated rings. The van der Waals surface area contributed by atoms with Crippen LogP contribution in [0, 0.1) is 18.3 Å². The number of pyridine rings is 1. The zero-order valence-corrected chi connectivity index (χ0v) is 23.3. The van der Waals surface area contributed by atoms with Crippen molar-refractivity contribution in [1.82, 2.24) is 9.47 Å². The minimum atomic E-state index is -0.365. The van der Waals surface area contributed by atoms with Gasteiger partial charge in [-0.1, -0.05) is 86.4 Å². The van der Waals surface area contributed by atoms with Gasteiger partial charge in [0.15, 0.2) is 0 Å². The topological polar surface area (TPSA) is 78.1 Å². The van der Waals surface area contributed by atoms with Crippen molar-refractivity contribution in [2.75, 3.05) is 11.9 Å². The van der Waals surface area contributed by atoms with Gasteiger partial charge in [0.2, 0.25) is 0 Å². The number of carbonyl (C=O) groups is 1. The summed E-state index contributed by atoms with van der Waals surface area (Å²) in [4.78, 5) is 28.4. The summed E-state index contributed by atoms with van der Waals surface area (Å²) in [5, 5.41) is 13.7. The maximum absolute atomic E-state index is 13.2. The van der Waals surface area contributed by atoms with E-state index in [1.54, 1.807) is 17.9 Å². The van der Waals surface area contributed by atoms with Crippen molar-refractivity contribution in [2.45, 2.75) is 66.0 Å². The third kappa shape index (κ3) is 6.20. The number of amides is 1. The molecule has 0 atom stereocenters. The summed E-state index contributed by atoms with van der Waals surface area (Å²) in [7, 11) is 0. The molecule has 0 unspecified atom stereocenters. The van der Waals surface area contributed by atoms with Crippen LogP contribution in [0.1, 0.15) is 68.2 Å². The Balaban J connectivity index is 1.98. The molecule has 0 bridgehead atoms. The predicted molar refractivity (Wildman–Crippen MR) is 153 cm³/mol. The standard InChI is InChI=1S/C27H31ClN4O2S2/c1-4-6-7-8-11-14-32-26(34)23(36-27(32)35)15-20-18(3)21(16-29)25(33)31(5-2)24(20)30-17-19-12-9-10-13-22(19)28/h9-10,12-13,15,30H,4-8,11,14,17H2,1-3H3/b23-15+. The number of thioether (sulfide) groups is 1. The molecule has 36 heavy (non-hydrogen) atoms. The van der Waals surface area contributed by atoms with E-state index in [9.17, 15) is 14.9 Å². The van der Waals surface area contributed by atoms with Crippen LogP contribution in [-0.4, -0.2) is 26.2 Å². The lowest BCUT2D eigenvalue weighted by Crippen LogP contribution is -2.29. The third-order valence-electron chi connectivity index (χ3n) is 6.23. The van der Waals surface area contributed by atoms with Crippen LogP contribution in [0.5, 0.6) is 0 Å². The highest BCUT2D eigenvalue weighted by atomic mass is 35.5. The number of carbonyl (C=O) groups excluding carboxylic acids is 1. The minimum absolute atomic E-state index is 0.0674. The Hall–Kier alpha value is -2.60. The first-order valence-corrected chi connectivity index (χ1v) is 13.8. The first-order valence-electron chi connectivity index (χ1n) is 12.2. The summed E-state index contributed by atoms with van der Waals surface area (Å²) in [6.45, 7) is 7.09. The zero-order chi connectivity index (χ0) is 26.2. The van der Waals surface area contributed by atoms with E-state index < -0.39 is 0 Å². The molecule has 1 aliphatic rings. The summed E-state index contributed by atoms with van der Waals surface area (Å²) in [5.41, 5.74) is 1.73. The van der Waals surface area contributed by atoms with Crippen molar-refractivity contribution >= 4 is 57.7 Å². The Morgan fingerprint density at radius 1 is 1.17 bits per heavy atom. The van der Waals surface area contributed by atoms with Crippen molar-refractivity contribution in [2.24, 2.45) is 0 Å². The van der Waals surface area contributed by atoms with Gasteiger partial charge in [-0.25, -0.2) is 0 Å². The van der Waals surface area contributed by atoms with Crippen LogP contribution < -0.4 is 10.9 Å². The molecule has 2 heterocycles. The van der Waals surface area contributed by atoms with Crippen LogP contribution in [-0.2, 0) is 17.9 Å². The Labute approximate surface area is 227 Å². The van der Waals surface area contributed by atoms with Gasteiger partial charge in [-0.15, -0.1) is 0 Å². The van der Waals surface area contributed by atoms with Crippen molar-refractivity contribution in [1.29, 1.82) is 5.26 Å². The summed E-state index contributed by atoms with van der Waals surface area (Å²) >= 11 is 13.1. The van der Waals surface area contributed by atoms with Gasteiger partial charge in [-0.2, -0.15) is 5.26 Å². The number of benzene rings is 1. The average molecular weight is 543 g/mol. The number of halogens is 1. The lowest BCUT2D eigenvalue weighted by Gasteiger charge is -2.20. The molecule has 0 radical (unpaired) electrons. The highest BCUT2D eigenvalue weighted by Crippen LogP contribution is 2.35. The van der Waals surface area contributed by atoms with Crippen LogP contribution in [0.4, 0.5) is 5.82 Å². The number of aromatic nitrogens is 1. The summed E-state index contributed by atoms with van der Waals surface area (Å²) in [5.74, 6) is 0.411. The molecule has 1 aliphatic heterocycles. The Bertz CT molecular complexity index is 1280. The van der Waals surface area contributed by atoms with Crippen molar-refractivity contribution in [3.05, 3.63) is 66.8 Å². The Morgan fingerprint density at radius 2 is 1.89 bits per heavy atom. The van der Waals surface area contributed by atoms with Crippen molar-refractivity contribution in [3.63, 3.8) is 0 Å². The van der Waals surface area contributed by atoms with Crippen molar-refractivity contribution in [3.8, 4) is 6.07 Å². The number of nitrogens with one attached hydrogen (secondary N) is 1. The van der Waals surface area contributed by atoms with E-state index in [1.807, 2.05) is 37.3 Å². The fourth-order valence-corrected chi connectivity index (χ4v) is 5.67. The molecule has 1 amide bonds. The number of nitrogens with zero attached hydrogens (tertiary/aromatic N) is 3. The highest BCUT2D eigenvalue weighted by Gasteiger charge is 2.32. The summed E-state index contributed by atoms with van der Waals surface area (Å²) < 4.78 is 2.07. The molecule has 1 saturated heterocycles. The van der Waals surface area contributed by atoms with Crippen molar-refractivity contribution < 1.29 is 4.79 Å². The second kappa shape index (κ2) is 13.1. The van der Waals surface area contributed by atoms with E-state index >= 15 is 0 Å². The molecule has 1 N–H and O–H groups in total. The first-order chi connectivity index (χ1) is 17.3. The second-order valence-electron chi connectivity index (χ2n) is 8.62. The Morgan fingerprint density at radius 3 is 2.56 bits per heavy atom. The molecular weight excluding hydrogens is 512 g/mol. The zero-order valence-electron chi connectivity index (χ0n) is 20.9. The molecule has 1 aromatic carbocycles. The van der Waals surface area contributed by atoms with Crippen LogP contribution in [0.2, 0.25) is 5.02 Å². The van der Waals surface area contributed by atoms with Crippen LogP contribution >= 0.6 is 35.6 Å². The minimum Gasteiger partial charge on any atom is -0.367 e. The smallest absolute Gasteiger partial charge is 0.270 e. The van der Waals surface area contributed by atoms with Gasteiger partial charge in [0.25, 0.3) is 11.5 Å². The fourth-order valence-electron chi connectivity index (χ4n) is 4.17. The van der Waals surface area contributed by atoms with Crippen LogP contribution in [0.3, 0.4) is 0 Å². The van der Waals surface area contributed by atoms with Gasteiger partial charge in [0.05, 0.1) is 4.91 Å². The number of anilines is 1. The third-order valence-corrected chi connectivity index (χ3v) is 7.98. The van der Waals surface area contributed by atoms with E-state index in [0.29, 0.717) is 50.8 Å². The summed E-state index contributed by atoms with van der Waals surface area (Å²) in [6, 6.07) is 9.52. The number of thiocarbonyl (C=S) groups is 1. The van der Waals surface area contributed by atoms with Gasteiger partial charge in [0.1, 0.15) is 21.8 Å². The largest absolute Gasteiger partial charge is 0.367 e. The number of rotatable bonds is 11. The maximum atomic E-state index is 13.2. The van der Waals surface area contributed by atoms with E-state index in [4.69, 9.17) is 23.8 Å². The van der Waals surface area contributed by atoms with E-state index in [-0.39, 0.29) is 17.0 Å². The molecule has 0 saturated carbocycles. The maximum Gasteiger partial charge on any atom is 0.270 e. The van der Waals surface area contributed by atoms with Gasteiger partial charge < -0.3 is 5.32 Å². The van der Waals surface area contributed by atoms with Crippen LogP contribution in [0.15, 0.2) is 34.0 Å². The normalized spacial score (nSPS) is 14.5. The molecule has 2 aromatic rings. The molecule has 3 rings (SSSR count). The molecular formula is C27H31ClN4O2S2. The lowest BCUT2D eigenvalue weighted by molar-refractivity contribution is -0.122. The van der Waals surface area contributed by atoms with Crippen LogP contribution in [0.25, 0.3) is 6.08 Å². The molecule has 0 aliphatic carbocycles. The molecule has 1 aromatic heterocycles. The highest BCUT2D eigenvalue weighted by molar-refractivity contribution is 8.26. The summed E-state index contributed by atoms with van der Waals surface area (Å²) in [6.07, 6.45) is 7.23.